The van der Waals surface area contributed by atoms with Crippen LogP contribution in [0.3, 0.4) is 0 Å². The lowest BCUT2D eigenvalue weighted by Crippen LogP contribution is -2.29. The van der Waals surface area contributed by atoms with Gasteiger partial charge in [0.15, 0.2) is 0 Å². The normalized spacial score (nSPS) is 13.3. The number of benzene rings is 1. The number of rotatable bonds is 5. The van der Waals surface area contributed by atoms with Gasteiger partial charge in [0.05, 0.1) is 4.90 Å². The predicted octanol–water partition coefficient (Wildman–Crippen LogP) is 2.99. The predicted molar refractivity (Wildman–Crippen MR) is 89.9 cm³/mol. The molecule has 6 heteroatoms. The summed E-state index contributed by atoms with van der Waals surface area (Å²) in [5.74, 6) is 0. The molecule has 2 rings (SSSR count). The molecule has 0 spiro atoms. The van der Waals surface area contributed by atoms with E-state index in [0.29, 0.717) is 4.90 Å². The molecule has 2 aromatic rings. The molecular formula is C16H21NO3S2. The van der Waals surface area contributed by atoms with Crippen molar-refractivity contribution >= 4 is 21.4 Å². The van der Waals surface area contributed by atoms with Gasteiger partial charge in [-0.2, -0.15) is 0 Å². The summed E-state index contributed by atoms with van der Waals surface area (Å²) in [5.41, 5.74) is 3.40. The minimum Gasteiger partial charge on any atom is -0.386 e. The number of aliphatic hydroxyl groups excluding tert-OH is 1. The van der Waals surface area contributed by atoms with Crippen LogP contribution in [0.2, 0.25) is 0 Å². The second-order valence-electron chi connectivity index (χ2n) is 5.47. The monoisotopic (exact) mass is 339 g/mol. The van der Waals surface area contributed by atoms with Gasteiger partial charge in [0.1, 0.15) is 6.10 Å². The van der Waals surface area contributed by atoms with Crippen LogP contribution in [0.5, 0.6) is 0 Å². The third-order valence-corrected chi connectivity index (χ3v) is 6.57. The van der Waals surface area contributed by atoms with Crippen LogP contribution in [0, 0.1) is 27.7 Å². The molecule has 0 fully saturated rings. The van der Waals surface area contributed by atoms with E-state index in [-0.39, 0.29) is 6.54 Å². The van der Waals surface area contributed by atoms with Gasteiger partial charge in [-0.1, -0.05) is 12.1 Å². The lowest BCUT2D eigenvalue weighted by molar-refractivity contribution is 0.185. The number of hydrogen-bond donors (Lipinski definition) is 2. The third-order valence-electron chi connectivity index (χ3n) is 3.90. The molecule has 0 saturated carbocycles. The molecule has 0 bridgehead atoms. The van der Waals surface area contributed by atoms with Gasteiger partial charge in [-0.3, -0.25) is 0 Å². The highest BCUT2D eigenvalue weighted by molar-refractivity contribution is 7.89. The molecule has 120 valence electrons. The van der Waals surface area contributed by atoms with Crippen LogP contribution in [0.1, 0.15) is 33.2 Å². The Bertz CT molecular complexity index is 739. The van der Waals surface area contributed by atoms with Crippen molar-refractivity contribution in [3.63, 3.8) is 0 Å². The van der Waals surface area contributed by atoms with E-state index in [1.807, 2.05) is 45.2 Å². The topological polar surface area (TPSA) is 66.4 Å². The van der Waals surface area contributed by atoms with Gasteiger partial charge < -0.3 is 5.11 Å². The summed E-state index contributed by atoms with van der Waals surface area (Å²) in [7, 11) is -3.66. The number of aliphatic hydroxyl groups is 1. The van der Waals surface area contributed by atoms with Crippen molar-refractivity contribution in [3.8, 4) is 0 Å². The molecule has 0 aliphatic carbocycles. The largest absolute Gasteiger partial charge is 0.386 e. The van der Waals surface area contributed by atoms with Crippen molar-refractivity contribution in [1.29, 1.82) is 0 Å². The first-order valence-electron chi connectivity index (χ1n) is 7.02. The number of aryl methyl sites for hydroxylation is 2. The lowest BCUT2D eigenvalue weighted by atomic mass is 10.0. The van der Waals surface area contributed by atoms with Gasteiger partial charge in [0, 0.05) is 11.4 Å². The highest BCUT2D eigenvalue weighted by Crippen LogP contribution is 2.26. The van der Waals surface area contributed by atoms with Crippen LogP contribution in [-0.2, 0) is 10.0 Å². The third kappa shape index (κ3) is 3.41. The fraction of sp³-hybridized carbons (Fsp3) is 0.375. The molecule has 1 aromatic carbocycles. The average molecular weight is 339 g/mol. The SMILES string of the molecule is Cc1cc(C)c(C)c(S(=O)(=O)NCC(O)c2cccs2)c1C. The Hall–Kier alpha value is -1.21. The molecule has 2 N–H and O–H groups in total. The minimum atomic E-state index is -3.66. The highest BCUT2D eigenvalue weighted by atomic mass is 32.2. The zero-order chi connectivity index (χ0) is 16.5. The summed E-state index contributed by atoms with van der Waals surface area (Å²) >= 11 is 1.40. The molecule has 1 atom stereocenters. The Balaban J connectivity index is 2.28. The molecule has 0 aliphatic rings. The zero-order valence-electron chi connectivity index (χ0n) is 13.2. The van der Waals surface area contributed by atoms with Crippen molar-refractivity contribution in [2.24, 2.45) is 0 Å². The number of sulfonamides is 1. The summed E-state index contributed by atoms with van der Waals surface area (Å²) in [6.45, 7) is 7.40. The average Bonchev–Trinajstić information content (AvgIpc) is 2.97. The van der Waals surface area contributed by atoms with E-state index >= 15 is 0 Å². The second-order valence-corrected chi connectivity index (χ2v) is 8.16. The van der Waals surface area contributed by atoms with Crippen LogP contribution in [0.25, 0.3) is 0 Å². The van der Waals surface area contributed by atoms with E-state index in [1.165, 1.54) is 11.3 Å². The Morgan fingerprint density at radius 3 is 2.27 bits per heavy atom. The Morgan fingerprint density at radius 2 is 1.77 bits per heavy atom. The van der Waals surface area contributed by atoms with Crippen molar-refractivity contribution in [1.82, 2.24) is 4.72 Å². The maximum Gasteiger partial charge on any atom is 0.241 e. The number of thiophene rings is 1. The van der Waals surface area contributed by atoms with E-state index in [0.717, 1.165) is 27.1 Å². The molecule has 0 saturated heterocycles. The maximum absolute atomic E-state index is 12.6. The van der Waals surface area contributed by atoms with Gasteiger partial charge in [0.2, 0.25) is 10.0 Å². The lowest BCUT2D eigenvalue weighted by Gasteiger charge is -2.17. The smallest absolute Gasteiger partial charge is 0.241 e. The van der Waals surface area contributed by atoms with Gasteiger partial charge >= 0.3 is 0 Å². The van der Waals surface area contributed by atoms with Crippen molar-refractivity contribution in [2.45, 2.75) is 38.7 Å². The summed E-state index contributed by atoms with van der Waals surface area (Å²) in [5, 5.41) is 11.9. The molecule has 0 radical (unpaired) electrons. The van der Waals surface area contributed by atoms with Gasteiger partial charge in [-0.25, -0.2) is 13.1 Å². The molecule has 0 amide bonds. The van der Waals surface area contributed by atoms with Crippen LogP contribution in [-0.4, -0.2) is 20.1 Å². The van der Waals surface area contributed by atoms with Gasteiger partial charge in [0.25, 0.3) is 0 Å². The van der Waals surface area contributed by atoms with E-state index in [4.69, 9.17) is 0 Å². The summed E-state index contributed by atoms with van der Waals surface area (Å²) in [4.78, 5) is 1.07. The fourth-order valence-corrected chi connectivity index (χ4v) is 4.79. The standard InChI is InChI=1S/C16H21NO3S2/c1-10-8-11(2)13(4)16(12(10)3)22(19,20)17-9-14(18)15-6-5-7-21-15/h5-8,14,17-18H,9H2,1-4H3. The van der Waals surface area contributed by atoms with E-state index in [2.05, 4.69) is 4.72 Å². The van der Waals surface area contributed by atoms with Crippen molar-refractivity contribution in [3.05, 3.63) is 50.7 Å². The molecule has 4 nitrogen and oxygen atoms in total. The van der Waals surface area contributed by atoms with Crippen molar-refractivity contribution < 1.29 is 13.5 Å². The summed E-state index contributed by atoms with van der Waals surface area (Å²) < 4.78 is 27.8. The Kier molecular flexibility index (Phi) is 5.07. The van der Waals surface area contributed by atoms with Crippen LogP contribution in [0.15, 0.2) is 28.5 Å². The number of nitrogens with one attached hydrogen (secondary N) is 1. The number of hydrogen-bond acceptors (Lipinski definition) is 4. The van der Waals surface area contributed by atoms with Crippen LogP contribution < -0.4 is 4.72 Å². The molecular weight excluding hydrogens is 318 g/mol. The molecule has 1 unspecified atom stereocenters. The molecule has 0 aliphatic heterocycles. The van der Waals surface area contributed by atoms with E-state index in [9.17, 15) is 13.5 Å². The highest BCUT2D eigenvalue weighted by Gasteiger charge is 2.23. The van der Waals surface area contributed by atoms with E-state index in [1.54, 1.807) is 6.07 Å². The van der Waals surface area contributed by atoms with Gasteiger partial charge in [-0.05, 0) is 61.4 Å². The van der Waals surface area contributed by atoms with Crippen LogP contribution in [0.4, 0.5) is 0 Å². The minimum absolute atomic E-state index is 0.0330. The molecule has 1 heterocycles. The first-order valence-corrected chi connectivity index (χ1v) is 9.39. The summed E-state index contributed by atoms with van der Waals surface area (Å²) in [6.07, 6.45) is -0.832. The van der Waals surface area contributed by atoms with Crippen molar-refractivity contribution in [2.75, 3.05) is 6.54 Å². The van der Waals surface area contributed by atoms with E-state index < -0.39 is 16.1 Å². The fourth-order valence-electron chi connectivity index (χ4n) is 2.43. The van der Waals surface area contributed by atoms with Gasteiger partial charge in [-0.15, -0.1) is 11.3 Å². The molecule has 1 aromatic heterocycles. The second kappa shape index (κ2) is 6.50. The Labute approximate surface area is 135 Å². The quantitative estimate of drug-likeness (QED) is 0.880. The first-order chi connectivity index (χ1) is 10.2. The zero-order valence-corrected chi connectivity index (χ0v) is 14.8. The maximum atomic E-state index is 12.6. The summed E-state index contributed by atoms with van der Waals surface area (Å²) in [6, 6.07) is 5.61. The molecule has 22 heavy (non-hydrogen) atoms. The Morgan fingerprint density at radius 1 is 1.18 bits per heavy atom. The first kappa shape index (κ1) is 17.1. The van der Waals surface area contributed by atoms with Crippen LogP contribution >= 0.6 is 11.3 Å².